The molecule has 0 saturated carbocycles. The van der Waals surface area contributed by atoms with E-state index in [-0.39, 0.29) is 0 Å². The van der Waals surface area contributed by atoms with Gasteiger partial charge in [0.15, 0.2) is 10.8 Å². The molecule has 2 aliphatic rings. The van der Waals surface area contributed by atoms with Crippen LogP contribution in [0.1, 0.15) is 25.0 Å². The molecule has 0 spiro atoms. The van der Waals surface area contributed by atoms with Crippen LogP contribution in [0, 0.1) is 6.92 Å². The predicted octanol–water partition coefficient (Wildman–Crippen LogP) is 2.01. The number of fused-ring (bicyclic) bond motifs is 1. The van der Waals surface area contributed by atoms with Crippen LogP contribution in [0.2, 0.25) is 0 Å². The normalized spacial score (nSPS) is 24.3. The lowest BCUT2D eigenvalue weighted by atomic mass is 10.2. The second kappa shape index (κ2) is 4.70. The monoisotopic (exact) mass is 291 g/mol. The Labute approximate surface area is 123 Å². The maximum atomic E-state index is 4.80. The molecular formula is C14H21N5S. The number of hydrogen-bond donors (Lipinski definition) is 0. The van der Waals surface area contributed by atoms with Gasteiger partial charge in [0, 0.05) is 26.2 Å². The van der Waals surface area contributed by atoms with Gasteiger partial charge in [0.05, 0.1) is 10.4 Å². The molecule has 4 rings (SSSR count). The van der Waals surface area contributed by atoms with E-state index >= 15 is 0 Å². The first kappa shape index (κ1) is 12.6. The molecule has 0 unspecified atom stereocenters. The summed E-state index contributed by atoms with van der Waals surface area (Å²) < 4.78 is 3.14. The van der Waals surface area contributed by atoms with Gasteiger partial charge in [-0.2, -0.15) is 5.10 Å². The van der Waals surface area contributed by atoms with Crippen LogP contribution in [0.15, 0.2) is 0 Å². The van der Waals surface area contributed by atoms with Gasteiger partial charge in [0.1, 0.15) is 0 Å². The van der Waals surface area contributed by atoms with E-state index in [4.69, 9.17) is 4.98 Å². The Bertz CT molecular complexity index is 590. The van der Waals surface area contributed by atoms with Crippen molar-refractivity contribution in [2.75, 3.05) is 31.1 Å². The lowest BCUT2D eigenvalue weighted by Crippen LogP contribution is -2.35. The van der Waals surface area contributed by atoms with E-state index in [0.717, 1.165) is 30.5 Å². The van der Waals surface area contributed by atoms with Crippen LogP contribution < -0.4 is 4.90 Å². The molecule has 0 radical (unpaired) electrons. The minimum absolute atomic E-state index is 0.740. The Morgan fingerprint density at radius 1 is 1.20 bits per heavy atom. The maximum Gasteiger partial charge on any atom is 0.188 e. The summed E-state index contributed by atoms with van der Waals surface area (Å²) in [7, 11) is 1.98. The van der Waals surface area contributed by atoms with Gasteiger partial charge in [-0.25, -0.2) is 9.67 Å². The summed E-state index contributed by atoms with van der Waals surface area (Å²) in [6, 6.07) is 0.740. The van der Waals surface area contributed by atoms with Gasteiger partial charge in [0.25, 0.3) is 0 Å². The van der Waals surface area contributed by atoms with E-state index in [2.05, 4.69) is 21.8 Å². The van der Waals surface area contributed by atoms with Crippen molar-refractivity contribution in [2.24, 2.45) is 7.05 Å². The zero-order valence-electron chi connectivity index (χ0n) is 12.2. The first-order chi connectivity index (χ1) is 9.72. The van der Waals surface area contributed by atoms with Gasteiger partial charge >= 0.3 is 0 Å². The van der Waals surface area contributed by atoms with Gasteiger partial charge in [0.2, 0.25) is 0 Å². The van der Waals surface area contributed by atoms with Crippen molar-refractivity contribution in [1.82, 2.24) is 19.7 Å². The molecule has 0 aromatic carbocycles. The number of anilines is 1. The molecule has 6 heteroatoms. The molecule has 2 aromatic heterocycles. The summed E-state index contributed by atoms with van der Waals surface area (Å²) in [6.45, 7) is 6.95. The van der Waals surface area contributed by atoms with Crippen LogP contribution in [0.5, 0.6) is 0 Å². The fourth-order valence-corrected chi connectivity index (χ4v) is 4.60. The van der Waals surface area contributed by atoms with E-state index < -0.39 is 0 Å². The van der Waals surface area contributed by atoms with Crippen molar-refractivity contribution in [2.45, 2.75) is 32.2 Å². The van der Waals surface area contributed by atoms with Crippen molar-refractivity contribution in [3.05, 3.63) is 5.69 Å². The zero-order chi connectivity index (χ0) is 13.7. The highest BCUT2D eigenvalue weighted by molar-refractivity contribution is 7.22. The molecule has 2 aliphatic heterocycles. The lowest BCUT2D eigenvalue weighted by Gasteiger charge is -2.23. The standard InChI is InChI=1S/C14H21N5S/c1-10-12-13(17(2)16-10)15-14(20-12)19-8-5-11(9-19)18-6-3-4-7-18/h11H,3-9H2,1-2H3/t11-/m1/s1. The van der Waals surface area contributed by atoms with Crippen molar-refractivity contribution in [1.29, 1.82) is 0 Å². The van der Waals surface area contributed by atoms with Crippen LogP contribution in [0.3, 0.4) is 0 Å². The Balaban J connectivity index is 1.56. The molecule has 1 atom stereocenters. The summed E-state index contributed by atoms with van der Waals surface area (Å²) in [5.41, 5.74) is 2.13. The highest BCUT2D eigenvalue weighted by Crippen LogP contribution is 2.33. The van der Waals surface area contributed by atoms with Gasteiger partial charge in [-0.05, 0) is 39.3 Å². The summed E-state index contributed by atoms with van der Waals surface area (Å²) in [5.74, 6) is 0. The average molecular weight is 291 g/mol. The Hall–Kier alpha value is -1.14. The van der Waals surface area contributed by atoms with Crippen LogP contribution in [0.25, 0.3) is 10.3 Å². The van der Waals surface area contributed by atoms with E-state index in [1.54, 1.807) is 11.3 Å². The Morgan fingerprint density at radius 2 is 2.00 bits per heavy atom. The number of nitrogens with zero attached hydrogens (tertiary/aromatic N) is 5. The molecule has 0 bridgehead atoms. The summed E-state index contributed by atoms with van der Waals surface area (Å²) in [6.07, 6.45) is 4.04. The number of aromatic nitrogens is 3. The summed E-state index contributed by atoms with van der Waals surface area (Å²) in [5, 5.41) is 5.61. The molecule has 2 saturated heterocycles. The first-order valence-electron chi connectivity index (χ1n) is 7.51. The van der Waals surface area contributed by atoms with E-state index in [0.29, 0.717) is 0 Å². The molecule has 5 nitrogen and oxygen atoms in total. The Morgan fingerprint density at radius 3 is 2.75 bits per heavy atom. The predicted molar refractivity (Wildman–Crippen MR) is 82.5 cm³/mol. The topological polar surface area (TPSA) is 37.2 Å². The number of thiazole rings is 1. The smallest absolute Gasteiger partial charge is 0.188 e. The van der Waals surface area contributed by atoms with Crippen LogP contribution in [0.4, 0.5) is 5.13 Å². The molecular weight excluding hydrogens is 270 g/mol. The third-order valence-corrected chi connectivity index (χ3v) is 5.84. The fourth-order valence-electron chi connectivity index (χ4n) is 3.53. The number of rotatable bonds is 2. The van der Waals surface area contributed by atoms with Crippen molar-refractivity contribution in [3.8, 4) is 0 Å². The van der Waals surface area contributed by atoms with Gasteiger partial charge in [-0.15, -0.1) is 0 Å². The van der Waals surface area contributed by atoms with Crippen LogP contribution in [-0.4, -0.2) is 51.9 Å². The largest absolute Gasteiger partial charge is 0.346 e. The number of hydrogen-bond acceptors (Lipinski definition) is 5. The minimum atomic E-state index is 0.740. The van der Waals surface area contributed by atoms with Crippen molar-refractivity contribution < 1.29 is 0 Å². The average Bonchev–Trinajstić information content (AvgIpc) is 3.17. The molecule has 0 aliphatic carbocycles. The van der Waals surface area contributed by atoms with Crippen LogP contribution in [-0.2, 0) is 7.05 Å². The number of likely N-dealkylation sites (tertiary alicyclic amines) is 1. The quantitative estimate of drug-likeness (QED) is 0.848. The molecule has 4 heterocycles. The second-order valence-corrected chi connectivity index (χ2v) is 6.97. The molecule has 2 aromatic rings. The van der Waals surface area contributed by atoms with Crippen LogP contribution >= 0.6 is 11.3 Å². The first-order valence-corrected chi connectivity index (χ1v) is 8.33. The second-order valence-electron chi connectivity index (χ2n) is 5.99. The van der Waals surface area contributed by atoms with E-state index in [1.165, 1.54) is 42.2 Å². The molecule has 2 fully saturated rings. The molecule has 108 valence electrons. The minimum Gasteiger partial charge on any atom is -0.346 e. The summed E-state index contributed by atoms with van der Waals surface area (Å²) >= 11 is 1.80. The van der Waals surface area contributed by atoms with Gasteiger partial charge < -0.3 is 4.90 Å². The summed E-state index contributed by atoms with van der Waals surface area (Å²) in [4.78, 5) is 9.93. The Kier molecular flexibility index (Phi) is 2.96. The third kappa shape index (κ3) is 1.93. The van der Waals surface area contributed by atoms with E-state index in [9.17, 15) is 0 Å². The zero-order valence-corrected chi connectivity index (χ0v) is 13.0. The van der Waals surface area contributed by atoms with Gasteiger partial charge in [-0.1, -0.05) is 11.3 Å². The highest BCUT2D eigenvalue weighted by atomic mass is 32.1. The SMILES string of the molecule is Cc1nn(C)c2nc(N3CC[C@@H](N4CCCC4)C3)sc12. The fraction of sp³-hybridized carbons (Fsp3) is 0.714. The lowest BCUT2D eigenvalue weighted by molar-refractivity contribution is 0.260. The van der Waals surface area contributed by atoms with E-state index in [1.807, 2.05) is 11.7 Å². The number of aryl methyl sites for hydroxylation is 2. The van der Waals surface area contributed by atoms with Gasteiger partial charge in [-0.3, -0.25) is 4.90 Å². The molecule has 0 amide bonds. The highest BCUT2D eigenvalue weighted by Gasteiger charge is 2.31. The molecule has 20 heavy (non-hydrogen) atoms. The maximum absolute atomic E-state index is 4.80. The van der Waals surface area contributed by atoms with Crippen molar-refractivity contribution >= 4 is 26.8 Å². The molecule has 0 N–H and O–H groups in total. The third-order valence-electron chi connectivity index (χ3n) is 4.62. The van der Waals surface area contributed by atoms with Crippen molar-refractivity contribution in [3.63, 3.8) is 0 Å².